The minimum atomic E-state index is -0.298. The summed E-state index contributed by atoms with van der Waals surface area (Å²) in [6.07, 6.45) is 1.92. The van der Waals surface area contributed by atoms with E-state index < -0.39 is 0 Å². The zero-order valence-electron chi connectivity index (χ0n) is 15.9. The lowest BCUT2D eigenvalue weighted by Crippen LogP contribution is -2.42. The number of aryl methyl sites for hydroxylation is 1. The van der Waals surface area contributed by atoms with Gasteiger partial charge in [-0.2, -0.15) is 0 Å². The molecule has 28 heavy (non-hydrogen) atoms. The Bertz CT molecular complexity index is 752. The maximum Gasteiger partial charge on any atom is 0.266 e. The van der Waals surface area contributed by atoms with Crippen molar-refractivity contribution in [3.63, 3.8) is 0 Å². The van der Waals surface area contributed by atoms with Crippen molar-refractivity contribution in [1.29, 1.82) is 0 Å². The zero-order chi connectivity index (χ0) is 18.5. The number of carbonyl (C=O) groups is 1. The van der Waals surface area contributed by atoms with Crippen molar-refractivity contribution in [1.82, 2.24) is 15.2 Å². The molecule has 1 N–H and O–H groups in total. The lowest BCUT2D eigenvalue weighted by Gasteiger charge is -2.27. The van der Waals surface area contributed by atoms with Crippen molar-refractivity contribution in [2.24, 2.45) is 0 Å². The number of amides is 1. The molecule has 1 aromatic heterocycles. The van der Waals surface area contributed by atoms with Crippen LogP contribution in [0.5, 0.6) is 5.75 Å². The Morgan fingerprint density at radius 2 is 2.07 bits per heavy atom. The Kier molecular flexibility index (Phi) is 10.2. The first kappa shape index (κ1) is 24.6. The van der Waals surface area contributed by atoms with Crippen LogP contribution < -0.4 is 10.1 Å². The van der Waals surface area contributed by atoms with E-state index in [4.69, 9.17) is 4.74 Å². The van der Waals surface area contributed by atoms with Crippen LogP contribution in [-0.4, -0.2) is 41.5 Å². The molecule has 1 aromatic carbocycles. The van der Waals surface area contributed by atoms with E-state index in [1.165, 1.54) is 23.5 Å². The van der Waals surface area contributed by atoms with Crippen molar-refractivity contribution in [3.8, 4) is 5.75 Å². The summed E-state index contributed by atoms with van der Waals surface area (Å²) in [4.78, 5) is 20.2. The van der Waals surface area contributed by atoms with Gasteiger partial charge in [0.25, 0.3) is 5.91 Å². The van der Waals surface area contributed by atoms with Gasteiger partial charge in [-0.1, -0.05) is 6.92 Å². The van der Waals surface area contributed by atoms with E-state index in [1.54, 1.807) is 12.1 Å². The number of hydrogen-bond donors (Lipinski definition) is 1. The summed E-state index contributed by atoms with van der Waals surface area (Å²) in [5, 5.41) is 4.07. The van der Waals surface area contributed by atoms with Crippen molar-refractivity contribution < 1.29 is 13.9 Å². The molecule has 2 heterocycles. The second-order valence-electron chi connectivity index (χ2n) is 6.41. The summed E-state index contributed by atoms with van der Waals surface area (Å²) in [7, 11) is 0. The van der Waals surface area contributed by atoms with Crippen LogP contribution in [0.3, 0.4) is 0 Å². The molecule has 156 valence electrons. The van der Waals surface area contributed by atoms with E-state index in [0.29, 0.717) is 10.6 Å². The van der Waals surface area contributed by atoms with Crippen LogP contribution in [0.1, 0.15) is 40.1 Å². The molecule has 1 aliphatic heterocycles. The van der Waals surface area contributed by atoms with Gasteiger partial charge >= 0.3 is 0 Å². The van der Waals surface area contributed by atoms with E-state index in [2.05, 4.69) is 17.2 Å². The fraction of sp³-hybridized carbons (Fsp3) is 0.474. The number of nitrogens with one attached hydrogen (secondary N) is 1. The molecule has 1 atom stereocenters. The smallest absolute Gasteiger partial charge is 0.266 e. The predicted molar refractivity (Wildman–Crippen MR) is 115 cm³/mol. The number of benzene rings is 1. The standard InChI is InChI=1S/C19H24FN3O2S.2ClH/c1-3-10-23(15-8-9-21-11-15)19(24)18-13(2)22-17(26-18)12-25-16-6-4-14(20)5-7-16;;/h4-7,15,21H,3,8-12H2,1-2H3;2*1H. The molecule has 1 amide bonds. The lowest BCUT2D eigenvalue weighted by molar-refractivity contribution is 0.0696. The van der Waals surface area contributed by atoms with Gasteiger partial charge in [-0.15, -0.1) is 36.2 Å². The predicted octanol–water partition coefficient (Wildman–Crippen LogP) is 4.23. The summed E-state index contributed by atoms with van der Waals surface area (Å²) >= 11 is 1.38. The SMILES string of the molecule is CCCN(C(=O)c1sc(COc2ccc(F)cc2)nc1C)C1CCNC1.Cl.Cl. The first-order valence-electron chi connectivity index (χ1n) is 8.95. The van der Waals surface area contributed by atoms with E-state index in [0.717, 1.165) is 43.2 Å². The van der Waals surface area contributed by atoms with Crippen LogP contribution in [0.25, 0.3) is 0 Å². The van der Waals surface area contributed by atoms with Crippen molar-refractivity contribution in [3.05, 3.63) is 45.7 Å². The molecule has 0 bridgehead atoms. The van der Waals surface area contributed by atoms with Gasteiger partial charge in [0.05, 0.1) is 5.69 Å². The Balaban J connectivity index is 0.00000196. The van der Waals surface area contributed by atoms with Gasteiger partial charge in [0.15, 0.2) is 0 Å². The maximum atomic E-state index is 13.1. The summed E-state index contributed by atoms with van der Waals surface area (Å²) in [6, 6.07) is 6.13. The third-order valence-corrected chi connectivity index (χ3v) is 5.53. The molecule has 5 nitrogen and oxygen atoms in total. The molecule has 1 aliphatic rings. The average molecular weight is 450 g/mol. The highest BCUT2D eigenvalue weighted by Gasteiger charge is 2.29. The number of halogens is 3. The number of thiazole rings is 1. The molecular formula is C19H26Cl2FN3O2S. The van der Waals surface area contributed by atoms with Crippen LogP contribution in [0.15, 0.2) is 24.3 Å². The number of rotatable bonds is 7. The molecular weight excluding hydrogens is 424 g/mol. The van der Waals surface area contributed by atoms with Crippen molar-refractivity contribution in [2.75, 3.05) is 19.6 Å². The fourth-order valence-electron chi connectivity index (χ4n) is 3.12. The van der Waals surface area contributed by atoms with Gasteiger partial charge in [0, 0.05) is 19.1 Å². The van der Waals surface area contributed by atoms with Crippen LogP contribution in [0, 0.1) is 12.7 Å². The summed E-state index contributed by atoms with van der Waals surface area (Å²) in [5.74, 6) is 0.341. The molecule has 0 radical (unpaired) electrons. The fourth-order valence-corrected chi connectivity index (χ4v) is 4.05. The molecule has 3 rings (SSSR count). The summed E-state index contributed by atoms with van der Waals surface area (Å²) in [6.45, 7) is 6.78. The van der Waals surface area contributed by atoms with Crippen LogP contribution >= 0.6 is 36.2 Å². The Morgan fingerprint density at radius 3 is 2.68 bits per heavy atom. The molecule has 9 heteroatoms. The van der Waals surface area contributed by atoms with E-state index in [-0.39, 0.29) is 49.2 Å². The molecule has 2 aromatic rings. The van der Waals surface area contributed by atoms with Gasteiger partial charge < -0.3 is 15.0 Å². The highest BCUT2D eigenvalue weighted by Crippen LogP contribution is 2.24. The molecule has 0 aliphatic carbocycles. The largest absolute Gasteiger partial charge is 0.486 e. The van der Waals surface area contributed by atoms with Gasteiger partial charge in [0.1, 0.15) is 28.1 Å². The Morgan fingerprint density at radius 1 is 1.36 bits per heavy atom. The molecule has 1 unspecified atom stereocenters. The molecule has 0 spiro atoms. The summed E-state index contributed by atoms with van der Waals surface area (Å²) < 4.78 is 18.6. The van der Waals surface area contributed by atoms with E-state index >= 15 is 0 Å². The second-order valence-corrected chi connectivity index (χ2v) is 7.49. The van der Waals surface area contributed by atoms with Crippen LogP contribution in [0.2, 0.25) is 0 Å². The van der Waals surface area contributed by atoms with Crippen LogP contribution in [0.4, 0.5) is 4.39 Å². The lowest BCUT2D eigenvalue weighted by atomic mass is 10.2. The van der Waals surface area contributed by atoms with Gasteiger partial charge in [-0.3, -0.25) is 4.79 Å². The van der Waals surface area contributed by atoms with E-state index in [1.807, 2.05) is 11.8 Å². The molecule has 0 saturated carbocycles. The Labute approximate surface area is 181 Å². The highest BCUT2D eigenvalue weighted by molar-refractivity contribution is 7.13. The van der Waals surface area contributed by atoms with E-state index in [9.17, 15) is 9.18 Å². The zero-order valence-corrected chi connectivity index (χ0v) is 18.4. The topological polar surface area (TPSA) is 54.5 Å². The second kappa shape index (κ2) is 11.6. The van der Waals surface area contributed by atoms with Crippen molar-refractivity contribution in [2.45, 2.75) is 39.3 Å². The minimum Gasteiger partial charge on any atom is -0.486 e. The Hall–Kier alpha value is -1.41. The number of ether oxygens (including phenoxy) is 1. The third kappa shape index (κ3) is 6.04. The quantitative estimate of drug-likeness (QED) is 0.686. The molecule has 1 saturated heterocycles. The third-order valence-electron chi connectivity index (χ3n) is 4.41. The number of hydrogen-bond acceptors (Lipinski definition) is 5. The highest BCUT2D eigenvalue weighted by atomic mass is 35.5. The normalized spacial score (nSPS) is 15.5. The number of carbonyl (C=O) groups excluding carboxylic acids is 1. The minimum absolute atomic E-state index is 0. The van der Waals surface area contributed by atoms with Gasteiger partial charge in [-0.25, -0.2) is 9.37 Å². The average Bonchev–Trinajstić information content (AvgIpc) is 3.28. The van der Waals surface area contributed by atoms with Gasteiger partial charge in [-0.05, 0) is 50.6 Å². The first-order chi connectivity index (χ1) is 12.6. The number of nitrogens with zero attached hydrogens (tertiary/aromatic N) is 2. The van der Waals surface area contributed by atoms with Gasteiger partial charge in [0.2, 0.25) is 0 Å². The van der Waals surface area contributed by atoms with Crippen LogP contribution in [-0.2, 0) is 6.61 Å². The van der Waals surface area contributed by atoms with Crippen molar-refractivity contribution >= 4 is 42.1 Å². The molecule has 1 fully saturated rings. The maximum absolute atomic E-state index is 13.1. The summed E-state index contributed by atoms with van der Waals surface area (Å²) in [5.41, 5.74) is 0.741. The monoisotopic (exact) mass is 449 g/mol. The number of aromatic nitrogens is 1. The first-order valence-corrected chi connectivity index (χ1v) is 9.76.